The third-order valence-corrected chi connectivity index (χ3v) is 3.18. The molecule has 0 spiro atoms. The fourth-order valence-corrected chi connectivity index (χ4v) is 2.27. The molecule has 86 valence electrons. The molecule has 2 heterocycles. The lowest BCUT2D eigenvalue weighted by Gasteiger charge is -2.21. The second-order valence-electron chi connectivity index (χ2n) is 3.52. The molecule has 0 saturated carbocycles. The number of urea groups is 1. The van der Waals surface area contributed by atoms with Crippen LogP contribution in [0, 0.1) is 0 Å². The number of nitrogens with one attached hydrogen (secondary N) is 1. The van der Waals surface area contributed by atoms with E-state index in [1.165, 1.54) is 16.2 Å². The summed E-state index contributed by atoms with van der Waals surface area (Å²) >= 11 is 1.33. The molecule has 0 radical (unpaired) electrons. The van der Waals surface area contributed by atoms with Gasteiger partial charge in [-0.25, -0.2) is 9.78 Å². The van der Waals surface area contributed by atoms with E-state index in [4.69, 9.17) is 5.73 Å². The highest BCUT2D eigenvalue weighted by atomic mass is 32.1. The van der Waals surface area contributed by atoms with Gasteiger partial charge >= 0.3 is 6.03 Å². The summed E-state index contributed by atoms with van der Waals surface area (Å²) in [7, 11) is 0. The highest BCUT2D eigenvalue weighted by Crippen LogP contribution is 2.19. The zero-order valence-corrected chi connectivity index (χ0v) is 9.37. The number of primary amides is 1. The molecule has 0 aromatic carbocycles. The minimum absolute atomic E-state index is 0.309. The van der Waals surface area contributed by atoms with E-state index in [9.17, 15) is 9.59 Å². The SMILES string of the molecule is NC(=O)C1CCCN1C(=O)Nc1nccs1. The summed E-state index contributed by atoms with van der Waals surface area (Å²) < 4.78 is 0. The maximum absolute atomic E-state index is 11.8. The number of nitrogens with zero attached hydrogens (tertiary/aromatic N) is 2. The molecule has 0 bridgehead atoms. The molecule has 0 aliphatic carbocycles. The summed E-state index contributed by atoms with van der Waals surface area (Å²) in [6.07, 6.45) is 3.05. The Morgan fingerprint density at radius 1 is 1.62 bits per heavy atom. The minimum atomic E-state index is -0.486. The summed E-state index contributed by atoms with van der Waals surface area (Å²) in [6.45, 7) is 0.560. The molecule has 1 aliphatic rings. The standard InChI is InChI=1S/C9H12N4O2S/c10-7(14)6-2-1-4-13(6)9(15)12-8-11-3-5-16-8/h3,5-6H,1-2,4H2,(H2,10,14)(H,11,12,15). The van der Waals surface area contributed by atoms with Crippen LogP contribution in [0.15, 0.2) is 11.6 Å². The number of aromatic nitrogens is 1. The van der Waals surface area contributed by atoms with E-state index in [1.54, 1.807) is 11.6 Å². The molecule has 1 aromatic rings. The summed E-state index contributed by atoms with van der Waals surface area (Å²) in [4.78, 5) is 28.3. The second-order valence-corrected chi connectivity index (χ2v) is 4.42. The van der Waals surface area contributed by atoms with Crippen molar-refractivity contribution in [1.82, 2.24) is 9.88 Å². The fourth-order valence-electron chi connectivity index (χ4n) is 1.75. The van der Waals surface area contributed by atoms with Gasteiger partial charge in [-0.15, -0.1) is 11.3 Å². The van der Waals surface area contributed by atoms with Crippen molar-refractivity contribution in [1.29, 1.82) is 0 Å². The number of carbonyl (C=O) groups excluding carboxylic acids is 2. The van der Waals surface area contributed by atoms with Gasteiger partial charge in [-0.1, -0.05) is 0 Å². The highest BCUT2D eigenvalue weighted by Gasteiger charge is 2.32. The molecule has 16 heavy (non-hydrogen) atoms. The summed E-state index contributed by atoms with van der Waals surface area (Å²) in [5.74, 6) is -0.452. The fraction of sp³-hybridized carbons (Fsp3) is 0.444. The molecule has 3 N–H and O–H groups in total. The first-order chi connectivity index (χ1) is 7.68. The van der Waals surface area contributed by atoms with Crippen LogP contribution < -0.4 is 11.1 Å². The van der Waals surface area contributed by atoms with E-state index in [1.807, 2.05) is 0 Å². The van der Waals surface area contributed by atoms with Crippen molar-refractivity contribution in [3.05, 3.63) is 11.6 Å². The second kappa shape index (κ2) is 4.48. The molecule has 1 aliphatic heterocycles. The number of likely N-dealkylation sites (tertiary alicyclic amines) is 1. The molecule has 1 fully saturated rings. The monoisotopic (exact) mass is 240 g/mol. The van der Waals surface area contributed by atoms with Crippen LogP contribution in [-0.2, 0) is 4.79 Å². The zero-order valence-electron chi connectivity index (χ0n) is 8.55. The number of anilines is 1. The van der Waals surface area contributed by atoms with Crippen LogP contribution in [0.2, 0.25) is 0 Å². The number of carbonyl (C=O) groups is 2. The lowest BCUT2D eigenvalue weighted by molar-refractivity contribution is -0.121. The molecule has 3 amide bonds. The normalized spacial score (nSPS) is 19.8. The van der Waals surface area contributed by atoms with E-state index < -0.39 is 11.9 Å². The molecule has 2 rings (SSSR count). The van der Waals surface area contributed by atoms with Crippen molar-refractivity contribution < 1.29 is 9.59 Å². The van der Waals surface area contributed by atoms with Gasteiger partial charge in [0.15, 0.2) is 5.13 Å². The molecular formula is C9H12N4O2S. The van der Waals surface area contributed by atoms with E-state index in [0.29, 0.717) is 18.1 Å². The molecule has 1 unspecified atom stereocenters. The quantitative estimate of drug-likeness (QED) is 0.794. The average Bonchev–Trinajstić information content (AvgIpc) is 2.86. The molecule has 1 saturated heterocycles. The molecule has 7 heteroatoms. The highest BCUT2D eigenvalue weighted by molar-refractivity contribution is 7.13. The summed E-state index contributed by atoms with van der Waals surface area (Å²) in [5, 5.41) is 4.93. The third-order valence-electron chi connectivity index (χ3n) is 2.49. The number of thiazole rings is 1. The van der Waals surface area contributed by atoms with Crippen molar-refractivity contribution in [2.75, 3.05) is 11.9 Å². The Balaban J connectivity index is 2.01. The molecule has 6 nitrogen and oxygen atoms in total. The number of hydrogen-bond donors (Lipinski definition) is 2. The number of hydrogen-bond acceptors (Lipinski definition) is 4. The largest absolute Gasteiger partial charge is 0.368 e. The van der Waals surface area contributed by atoms with E-state index >= 15 is 0 Å². The summed E-state index contributed by atoms with van der Waals surface area (Å²) in [6, 6.07) is -0.795. The van der Waals surface area contributed by atoms with Gasteiger partial charge in [0.25, 0.3) is 0 Å². The Labute approximate surface area is 96.4 Å². The Morgan fingerprint density at radius 3 is 3.06 bits per heavy atom. The Bertz CT molecular complexity index is 392. The minimum Gasteiger partial charge on any atom is -0.368 e. The molecular weight excluding hydrogens is 228 g/mol. The summed E-state index contributed by atoms with van der Waals surface area (Å²) in [5.41, 5.74) is 5.23. The molecule has 1 atom stereocenters. The maximum atomic E-state index is 11.8. The van der Waals surface area contributed by atoms with E-state index in [-0.39, 0.29) is 6.03 Å². The average molecular weight is 240 g/mol. The van der Waals surface area contributed by atoms with Crippen LogP contribution in [0.4, 0.5) is 9.93 Å². The first-order valence-electron chi connectivity index (χ1n) is 4.95. The third kappa shape index (κ3) is 2.13. The smallest absolute Gasteiger partial charge is 0.324 e. The van der Waals surface area contributed by atoms with Crippen molar-refractivity contribution >= 4 is 28.4 Å². The van der Waals surface area contributed by atoms with Gasteiger partial charge < -0.3 is 10.6 Å². The Morgan fingerprint density at radius 2 is 2.44 bits per heavy atom. The topological polar surface area (TPSA) is 88.3 Å². The van der Waals surface area contributed by atoms with Gasteiger partial charge in [-0.2, -0.15) is 0 Å². The van der Waals surface area contributed by atoms with Gasteiger partial charge in [0, 0.05) is 18.1 Å². The Kier molecular flexibility index (Phi) is 3.04. The van der Waals surface area contributed by atoms with Crippen molar-refractivity contribution in [3.63, 3.8) is 0 Å². The lowest BCUT2D eigenvalue weighted by Crippen LogP contribution is -2.45. The predicted octanol–water partition coefficient (Wildman–Crippen LogP) is 0.625. The van der Waals surface area contributed by atoms with E-state index in [2.05, 4.69) is 10.3 Å². The Hall–Kier alpha value is -1.63. The first kappa shape index (κ1) is 10.9. The number of nitrogens with two attached hydrogens (primary N) is 1. The van der Waals surface area contributed by atoms with Crippen LogP contribution in [-0.4, -0.2) is 34.4 Å². The van der Waals surface area contributed by atoms with Crippen LogP contribution in [0.25, 0.3) is 0 Å². The number of amides is 3. The zero-order chi connectivity index (χ0) is 11.5. The van der Waals surface area contributed by atoms with Gasteiger partial charge in [0.05, 0.1) is 0 Å². The van der Waals surface area contributed by atoms with Crippen LogP contribution in [0.3, 0.4) is 0 Å². The van der Waals surface area contributed by atoms with Crippen molar-refractivity contribution in [2.45, 2.75) is 18.9 Å². The maximum Gasteiger partial charge on any atom is 0.324 e. The van der Waals surface area contributed by atoms with Gasteiger partial charge in [0.2, 0.25) is 5.91 Å². The van der Waals surface area contributed by atoms with Crippen molar-refractivity contribution in [2.24, 2.45) is 5.73 Å². The van der Waals surface area contributed by atoms with Gasteiger partial charge in [-0.05, 0) is 12.8 Å². The van der Waals surface area contributed by atoms with Gasteiger partial charge in [0.1, 0.15) is 6.04 Å². The molecule has 1 aromatic heterocycles. The number of rotatable bonds is 2. The van der Waals surface area contributed by atoms with Crippen molar-refractivity contribution in [3.8, 4) is 0 Å². The van der Waals surface area contributed by atoms with Gasteiger partial charge in [-0.3, -0.25) is 10.1 Å². The lowest BCUT2D eigenvalue weighted by atomic mass is 10.2. The van der Waals surface area contributed by atoms with E-state index in [0.717, 1.165) is 6.42 Å². The van der Waals surface area contributed by atoms with Crippen LogP contribution in [0.1, 0.15) is 12.8 Å². The predicted molar refractivity (Wildman–Crippen MR) is 60.1 cm³/mol. The van der Waals surface area contributed by atoms with Crippen LogP contribution in [0.5, 0.6) is 0 Å². The van der Waals surface area contributed by atoms with Crippen LogP contribution >= 0.6 is 11.3 Å². The first-order valence-corrected chi connectivity index (χ1v) is 5.83.